The van der Waals surface area contributed by atoms with E-state index in [4.69, 9.17) is 0 Å². The fourth-order valence-electron chi connectivity index (χ4n) is 1.34. The van der Waals surface area contributed by atoms with Crippen LogP contribution in [0, 0.1) is 0 Å². The van der Waals surface area contributed by atoms with E-state index in [-0.39, 0.29) is 0 Å². The van der Waals surface area contributed by atoms with Gasteiger partial charge in [-0.15, -0.1) is 22.7 Å². The number of hydrogen-bond donors (Lipinski definition) is 0. The summed E-state index contributed by atoms with van der Waals surface area (Å²) in [6.07, 6.45) is 0. The summed E-state index contributed by atoms with van der Waals surface area (Å²) in [6, 6.07) is 8.42. The number of aromatic nitrogens is 1. The fraction of sp³-hybridized carbons (Fsp3) is 0. The van der Waals surface area contributed by atoms with Gasteiger partial charge in [-0.25, -0.2) is 4.98 Å². The van der Waals surface area contributed by atoms with Crippen LogP contribution in [0.5, 0.6) is 0 Å². The molecule has 1 aromatic carbocycles. The van der Waals surface area contributed by atoms with Crippen molar-refractivity contribution in [3.63, 3.8) is 0 Å². The summed E-state index contributed by atoms with van der Waals surface area (Å²) in [6.45, 7) is 0. The summed E-state index contributed by atoms with van der Waals surface area (Å²) in [5, 5.41) is 1.29. The Bertz CT molecular complexity index is 534. The molecule has 2 heterocycles. The van der Waals surface area contributed by atoms with Crippen molar-refractivity contribution in [1.82, 2.24) is 4.98 Å². The molecule has 0 bridgehead atoms. The third-order valence-electron chi connectivity index (χ3n) is 1.88. The van der Waals surface area contributed by atoms with E-state index in [1.165, 1.54) is 19.6 Å². The molecule has 2 aromatic heterocycles. The van der Waals surface area contributed by atoms with E-state index in [9.17, 15) is 0 Å². The van der Waals surface area contributed by atoms with E-state index in [1.807, 2.05) is 16.8 Å². The Balaban J connectivity index is 2.68. The Kier molecular flexibility index (Phi) is 1.25. The van der Waals surface area contributed by atoms with Gasteiger partial charge in [0.2, 0.25) is 0 Å². The summed E-state index contributed by atoms with van der Waals surface area (Å²) in [4.78, 5) is 4.34. The molecule has 3 aromatic rings. The summed E-state index contributed by atoms with van der Waals surface area (Å²) >= 11 is 3.54. The van der Waals surface area contributed by atoms with E-state index >= 15 is 0 Å². The lowest BCUT2D eigenvalue weighted by atomic mass is 10.2. The van der Waals surface area contributed by atoms with Crippen LogP contribution in [0.1, 0.15) is 0 Å². The van der Waals surface area contributed by atoms with Gasteiger partial charge in [-0.3, -0.25) is 0 Å². The SMILES string of the molecule is c1ccc2c(c1)sc1scnc12. The molecule has 0 amide bonds. The van der Waals surface area contributed by atoms with Gasteiger partial charge in [0.15, 0.2) is 0 Å². The van der Waals surface area contributed by atoms with Crippen molar-refractivity contribution in [3.05, 3.63) is 29.8 Å². The minimum Gasteiger partial charge on any atom is -0.243 e. The van der Waals surface area contributed by atoms with E-state index < -0.39 is 0 Å². The van der Waals surface area contributed by atoms with E-state index in [2.05, 4.69) is 29.2 Å². The first kappa shape index (κ1) is 6.57. The van der Waals surface area contributed by atoms with Gasteiger partial charge in [0.1, 0.15) is 4.01 Å². The maximum Gasteiger partial charge on any atom is 0.108 e. The quantitative estimate of drug-likeness (QED) is 0.530. The maximum absolute atomic E-state index is 4.34. The summed E-state index contributed by atoms with van der Waals surface area (Å²) < 4.78 is 2.67. The minimum atomic E-state index is 1.17. The average Bonchev–Trinajstić information content (AvgIpc) is 2.62. The van der Waals surface area contributed by atoms with Crippen molar-refractivity contribution >= 4 is 42.3 Å². The monoisotopic (exact) mass is 191 g/mol. The highest BCUT2D eigenvalue weighted by molar-refractivity contribution is 7.40. The fourth-order valence-corrected chi connectivity index (χ4v) is 3.34. The Morgan fingerprint density at radius 1 is 1.17 bits per heavy atom. The van der Waals surface area contributed by atoms with Crippen LogP contribution < -0.4 is 0 Å². The second kappa shape index (κ2) is 2.28. The van der Waals surface area contributed by atoms with Crippen LogP contribution in [-0.2, 0) is 0 Å². The van der Waals surface area contributed by atoms with Gasteiger partial charge >= 0.3 is 0 Å². The number of thiophene rings is 1. The molecule has 0 spiro atoms. The lowest BCUT2D eigenvalue weighted by Crippen LogP contribution is -1.62. The molecule has 3 heteroatoms. The van der Waals surface area contributed by atoms with Gasteiger partial charge in [-0.1, -0.05) is 18.2 Å². The lowest BCUT2D eigenvalue weighted by molar-refractivity contribution is 1.52. The minimum absolute atomic E-state index is 1.17. The van der Waals surface area contributed by atoms with Gasteiger partial charge in [-0.2, -0.15) is 0 Å². The Labute approximate surface area is 77.3 Å². The second-order valence-electron chi connectivity index (χ2n) is 2.59. The Morgan fingerprint density at radius 2 is 2.08 bits per heavy atom. The highest BCUT2D eigenvalue weighted by atomic mass is 32.2. The first-order chi connectivity index (χ1) is 5.95. The molecule has 0 N–H and O–H groups in total. The third kappa shape index (κ3) is 0.750. The average molecular weight is 191 g/mol. The zero-order valence-corrected chi connectivity index (χ0v) is 7.78. The van der Waals surface area contributed by atoms with Gasteiger partial charge in [0.25, 0.3) is 0 Å². The molecule has 0 aliphatic heterocycles. The predicted octanol–water partition coefficient (Wildman–Crippen LogP) is 3.51. The summed E-state index contributed by atoms with van der Waals surface area (Å²) in [5.74, 6) is 0. The smallest absolute Gasteiger partial charge is 0.108 e. The topological polar surface area (TPSA) is 12.9 Å². The highest BCUT2D eigenvalue weighted by Crippen LogP contribution is 2.34. The summed E-state index contributed by atoms with van der Waals surface area (Å²) in [7, 11) is 0. The first-order valence-electron chi connectivity index (χ1n) is 3.66. The number of fused-ring (bicyclic) bond motifs is 3. The van der Waals surface area contributed by atoms with Crippen molar-refractivity contribution in [1.29, 1.82) is 0 Å². The number of thiazole rings is 1. The molecular weight excluding hydrogens is 186 g/mol. The lowest BCUT2D eigenvalue weighted by Gasteiger charge is -1.84. The van der Waals surface area contributed by atoms with Crippen molar-refractivity contribution in [2.24, 2.45) is 0 Å². The molecule has 3 rings (SSSR count). The van der Waals surface area contributed by atoms with E-state index in [1.54, 1.807) is 11.3 Å². The first-order valence-corrected chi connectivity index (χ1v) is 5.35. The van der Waals surface area contributed by atoms with Crippen LogP contribution in [-0.4, -0.2) is 4.98 Å². The molecule has 0 saturated heterocycles. The molecule has 0 atom stereocenters. The summed E-state index contributed by atoms with van der Waals surface area (Å²) in [5.41, 5.74) is 3.08. The van der Waals surface area contributed by atoms with Crippen molar-refractivity contribution in [2.45, 2.75) is 0 Å². The Morgan fingerprint density at radius 3 is 3.08 bits per heavy atom. The predicted molar refractivity (Wildman–Crippen MR) is 55.0 cm³/mol. The number of nitrogens with zero attached hydrogens (tertiary/aromatic N) is 1. The van der Waals surface area contributed by atoms with Crippen LogP contribution in [0.4, 0.5) is 0 Å². The van der Waals surface area contributed by atoms with Crippen molar-refractivity contribution < 1.29 is 0 Å². The van der Waals surface area contributed by atoms with Crippen LogP contribution in [0.15, 0.2) is 29.8 Å². The van der Waals surface area contributed by atoms with Crippen LogP contribution >= 0.6 is 22.7 Å². The van der Waals surface area contributed by atoms with Crippen LogP contribution in [0.2, 0.25) is 0 Å². The van der Waals surface area contributed by atoms with Crippen LogP contribution in [0.25, 0.3) is 19.6 Å². The van der Waals surface area contributed by atoms with E-state index in [0.717, 1.165) is 0 Å². The number of benzene rings is 1. The molecule has 58 valence electrons. The molecule has 12 heavy (non-hydrogen) atoms. The molecule has 0 unspecified atom stereocenters. The van der Waals surface area contributed by atoms with Crippen molar-refractivity contribution in [2.75, 3.05) is 0 Å². The molecule has 0 aliphatic carbocycles. The number of hydrogen-bond acceptors (Lipinski definition) is 3. The highest BCUT2D eigenvalue weighted by Gasteiger charge is 2.04. The van der Waals surface area contributed by atoms with Gasteiger partial charge in [-0.05, 0) is 6.07 Å². The molecular formula is C9H5NS2. The maximum atomic E-state index is 4.34. The van der Waals surface area contributed by atoms with Crippen LogP contribution in [0.3, 0.4) is 0 Å². The van der Waals surface area contributed by atoms with Gasteiger partial charge in [0.05, 0.1) is 11.0 Å². The molecule has 1 nitrogen and oxygen atoms in total. The Hall–Kier alpha value is -0.930. The standard InChI is InChI=1S/C9H5NS2/c1-2-4-7-6(3-1)8-9(12-7)11-5-10-8/h1-5H. The second-order valence-corrected chi connectivity index (χ2v) is 4.75. The largest absolute Gasteiger partial charge is 0.243 e. The molecule has 0 fully saturated rings. The zero-order valence-electron chi connectivity index (χ0n) is 6.15. The number of rotatable bonds is 0. The molecule has 0 radical (unpaired) electrons. The normalized spacial score (nSPS) is 11.3. The zero-order chi connectivity index (χ0) is 7.97. The van der Waals surface area contributed by atoms with Gasteiger partial charge < -0.3 is 0 Å². The van der Waals surface area contributed by atoms with E-state index in [0.29, 0.717) is 0 Å². The third-order valence-corrected chi connectivity index (χ3v) is 3.99. The van der Waals surface area contributed by atoms with Crippen molar-refractivity contribution in [3.8, 4) is 0 Å². The molecule has 0 aliphatic rings. The molecule has 0 saturated carbocycles. The van der Waals surface area contributed by atoms with Gasteiger partial charge in [0, 0.05) is 10.1 Å².